The molecule has 4 aromatic rings. The average Bonchev–Trinajstić information content (AvgIpc) is 3.27. The number of furan rings is 1. The molecule has 23 heavy (non-hydrogen) atoms. The predicted molar refractivity (Wildman–Crippen MR) is 90.2 cm³/mol. The fourth-order valence-electron chi connectivity index (χ4n) is 2.33. The second kappa shape index (κ2) is 6.18. The maximum atomic E-state index is 6.02. The molecule has 0 amide bonds. The first-order chi connectivity index (χ1) is 11.4. The molecular weight excluding hydrogens is 306 g/mol. The third-order valence-electron chi connectivity index (χ3n) is 3.37. The highest BCUT2D eigenvalue weighted by Gasteiger charge is 2.18. The van der Waals surface area contributed by atoms with Crippen LogP contribution in [0.15, 0.2) is 98.2 Å². The molecule has 0 radical (unpaired) electrons. The number of oxazole rings is 1. The van der Waals surface area contributed by atoms with Crippen molar-refractivity contribution in [1.29, 1.82) is 0 Å². The molecule has 0 atom stereocenters. The largest absolute Gasteiger partial charge is 0.458 e. The van der Waals surface area contributed by atoms with Crippen molar-refractivity contribution in [2.45, 2.75) is 10.3 Å². The van der Waals surface area contributed by atoms with Crippen LogP contribution in [0, 0.1) is 0 Å². The highest BCUT2D eigenvalue weighted by atomic mass is 32.2. The molecule has 112 valence electrons. The van der Waals surface area contributed by atoms with E-state index in [-0.39, 0.29) is 0 Å². The van der Waals surface area contributed by atoms with Crippen molar-refractivity contribution >= 4 is 11.8 Å². The molecule has 4 heteroatoms. The zero-order valence-electron chi connectivity index (χ0n) is 12.2. The lowest BCUT2D eigenvalue weighted by molar-refractivity contribution is 0.448. The number of hydrogen-bond donors (Lipinski definition) is 0. The minimum Gasteiger partial charge on any atom is -0.458 e. The normalized spacial score (nSPS) is 10.8. The van der Waals surface area contributed by atoms with E-state index in [1.54, 1.807) is 6.26 Å². The maximum absolute atomic E-state index is 6.02. The van der Waals surface area contributed by atoms with Crippen LogP contribution in [0.2, 0.25) is 0 Å². The number of benzene rings is 2. The average molecular weight is 319 g/mol. The SMILES string of the molecule is c1ccc(-c2nc(Sc3ccco3)oc2-c2ccccc2)cc1. The molecule has 0 aliphatic carbocycles. The summed E-state index contributed by atoms with van der Waals surface area (Å²) < 4.78 is 11.4. The summed E-state index contributed by atoms with van der Waals surface area (Å²) in [5.74, 6) is 0.769. The van der Waals surface area contributed by atoms with Gasteiger partial charge in [0.05, 0.1) is 6.26 Å². The van der Waals surface area contributed by atoms with Crippen LogP contribution in [0.1, 0.15) is 0 Å². The van der Waals surface area contributed by atoms with Gasteiger partial charge in [-0.15, -0.1) is 0 Å². The summed E-state index contributed by atoms with van der Waals surface area (Å²) in [6.07, 6.45) is 1.64. The Kier molecular flexibility index (Phi) is 3.74. The van der Waals surface area contributed by atoms with Crippen LogP contribution in [0.3, 0.4) is 0 Å². The molecule has 0 saturated heterocycles. The minimum absolute atomic E-state index is 0.567. The van der Waals surface area contributed by atoms with Gasteiger partial charge in [0.15, 0.2) is 10.9 Å². The van der Waals surface area contributed by atoms with Crippen LogP contribution >= 0.6 is 11.8 Å². The fourth-order valence-corrected chi connectivity index (χ4v) is 3.01. The van der Waals surface area contributed by atoms with Crippen LogP contribution in [0.25, 0.3) is 22.6 Å². The lowest BCUT2D eigenvalue weighted by atomic mass is 10.1. The first kappa shape index (κ1) is 13.9. The van der Waals surface area contributed by atoms with E-state index in [4.69, 9.17) is 8.83 Å². The molecule has 0 aliphatic rings. The van der Waals surface area contributed by atoms with Crippen molar-refractivity contribution in [2.24, 2.45) is 0 Å². The number of aromatic nitrogens is 1. The first-order valence-electron chi connectivity index (χ1n) is 7.23. The quantitative estimate of drug-likeness (QED) is 0.480. The summed E-state index contributed by atoms with van der Waals surface area (Å²) in [6.45, 7) is 0. The van der Waals surface area contributed by atoms with Gasteiger partial charge in [-0.25, -0.2) is 4.98 Å². The second-order valence-electron chi connectivity index (χ2n) is 4.92. The smallest absolute Gasteiger partial charge is 0.264 e. The Morgan fingerprint density at radius 2 is 1.43 bits per heavy atom. The van der Waals surface area contributed by atoms with E-state index in [1.807, 2.05) is 72.8 Å². The lowest BCUT2D eigenvalue weighted by Crippen LogP contribution is -1.81. The molecule has 0 spiro atoms. The molecule has 3 nitrogen and oxygen atoms in total. The summed E-state index contributed by atoms with van der Waals surface area (Å²) >= 11 is 1.37. The van der Waals surface area contributed by atoms with Crippen LogP contribution in [0.5, 0.6) is 0 Å². The lowest BCUT2D eigenvalue weighted by Gasteiger charge is -2.00. The van der Waals surface area contributed by atoms with Gasteiger partial charge in [-0.2, -0.15) is 0 Å². The summed E-state index contributed by atoms with van der Waals surface area (Å²) in [5, 5.41) is 1.32. The molecule has 4 rings (SSSR count). The van der Waals surface area contributed by atoms with E-state index < -0.39 is 0 Å². The van der Waals surface area contributed by atoms with Gasteiger partial charge in [-0.3, -0.25) is 0 Å². The van der Waals surface area contributed by atoms with E-state index in [0.29, 0.717) is 5.22 Å². The van der Waals surface area contributed by atoms with Crippen LogP contribution < -0.4 is 0 Å². The van der Waals surface area contributed by atoms with Crippen LogP contribution in [-0.2, 0) is 0 Å². The molecule has 0 fully saturated rings. The first-order valence-corrected chi connectivity index (χ1v) is 8.05. The van der Waals surface area contributed by atoms with Crippen LogP contribution in [0.4, 0.5) is 0 Å². The molecule has 0 unspecified atom stereocenters. The molecule has 0 bridgehead atoms. The van der Waals surface area contributed by atoms with Crippen molar-refractivity contribution in [3.8, 4) is 22.6 Å². The Morgan fingerprint density at radius 3 is 2.09 bits per heavy atom. The molecule has 0 aliphatic heterocycles. The zero-order chi connectivity index (χ0) is 15.5. The predicted octanol–water partition coefficient (Wildman–Crippen LogP) is 5.75. The van der Waals surface area contributed by atoms with Crippen molar-refractivity contribution < 1.29 is 8.83 Å². The number of rotatable bonds is 4. The van der Waals surface area contributed by atoms with Gasteiger partial charge in [0.2, 0.25) is 0 Å². The Bertz CT molecular complexity index is 827. The van der Waals surface area contributed by atoms with Gasteiger partial charge in [0.25, 0.3) is 5.22 Å². The molecule has 2 aromatic carbocycles. The Morgan fingerprint density at radius 1 is 0.739 bits per heavy atom. The minimum atomic E-state index is 0.567. The van der Waals surface area contributed by atoms with Gasteiger partial charge in [-0.1, -0.05) is 60.7 Å². The van der Waals surface area contributed by atoms with Gasteiger partial charge < -0.3 is 8.83 Å². The van der Waals surface area contributed by atoms with E-state index in [9.17, 15) is 0 Å². The maximum Gasteiger partial charge on any atom is 0.264 e. The summed E-state index contributed by atoms with van der Waals surface area (Å²) in [7, 11) is 0. The van der Waals surface area contributed by atoms with Crippen molar-refractivity contribution in [1.82, 2.24) is 4.98 Å². The zero-order valence-corrected chi connectivity index (χ0v) is 13.0. The van der Waals surface area contributed by atoms with Crippen LogP contribution in [-0.4, -0.2) is 4.98 Å². The standard InChI is InChI=1S/C19H13NO2S/c1-3-8-14(9-4-1)17-18(15-10-5-2-6-11-15)22-19(20-17)23-16-12-7-13-21-16/h1-13H. The molecule has 2 aromatic heterocycles. The molecule has 0 N–H and O–H groups in total. The van der Waals surface area contributed by atoms with Gasteiger partial charge in [0, 0.05) is 22.9 Å². The monoisotopic (exact) mass is 319 g/mol. The molecule has 2 heterocycles. The van der Waals surface area contributed by atoms with E-state index >= 15 is 0 Å². The van der Waals surface area contributed by atoms with Gasteiger partial charge >= 0.3 is 0 Å². The third kappa shape index (κ3) is 2.94. The summed E-state index contributed by atoms with van der Waals surface area (Å²) in [4.78, 5) is 4.67. The highest BCUT2D eigenvalue weighted by molar-refractivity contribution is 7.99. The van der Waals surface area contributed by atoms with Gasteiger partial charge in [-0.05, 0) is 12.1 Å². The second-order valence-corrected chi connectivity index (χ2v) is 5.88. The third-order valence-corrected chi connectivity index (χ3v) is 4.16. The number of hydrogen-bond acceptors (Lipinski definition) is 4. The summed E-state index contributed by atoms with van der Waals surface area (Å²) in [6, 6.07) is 23.8. The fraction of sp³-hybridized carbons (Fsp3) is 0. The van der Waals surface area contributed by atoms with Gasteiger partial charge in [0.1, 0.15) is 5.69 Å². The Labute approximate surface area is 138 Å². The van der Waals surface area contributed by atoms with Crippen molar-refractivity contribution in [3.05, 3.63) is 79.1 Å². The number of nitrogens with zero attached hydrogens (tertiary/aromatic N) is 1. The van der Waals surface area contributed by atoms with E-state index in [2.05, 4.69) is 4.98 Å². The summed E-state index contributed by atoms with van der Waals surface area (Å²) in [5.41, 5.74) is 2.87. The molecular formula is C19H13NO2S. The van der Waals surface area contributed by atoms with Crippen molar-refractivity contribution in [2.75, 3.05) is 0 Å². The van der Waals surface area contributed by atoms with E-state index in [1.165, 1.54) is 11.8 Å². The highest BCUT2D eigenvalue weighted by Crippen LogP contribution is 2.37. The molecule has 0 saturated carbocycles. The topological polar surface area (TPSA) is 39.2 Å². The Balaban J connectivity index is 1.81. The van der Waals surface area contributed by atoms with E-state index in [0.717, 1.165) is 27.7 Å². The van der Waals surface area contributed by atoms with Crippen molar-refractivity contribution in [3.63, 3.8) is 0 Å². The Hall–Kier alpha value is -2.72.